The van der Waals surface area contributed by atoms with Crippen molar-refractivity contribution in [3.05, 3.63) is 45.3 Å². The quantitative estimate of drug-likeness (QED) is 0.121. The summed E-state index contributed by atoms with van der Waals surface area (Å²) in [4.78, 5) is 51.1. The van der Waals surface area contributed by atoms with Gasteiger partial charge in [0.25, 0.3) is 0 Å². The average molecular weight is 669 g/mol. The maximum atomic E-state index is 5.26. The van der Waals surface area contributed by atoms with E-state index in [1.165, 1.54) is 11.1 Å². The third kappa shape index (κ3) is 7.06. The van der Waals surface area contributed by atoms with Crippen LogP contribution in [0.5, 0.6) is 0 Å². The zero-order chi connectivity index (χ0) is 33.9. The molecule has 10 nitrogen and oxygen atoms in total. The Bertz CT molecular complexity index is 1900. The SMILES string of the molecule is CCCC1=C(CCC)c2nc1nc1[n-]c(nc3nc(nc4[n-]c(n2)c(CCC)c4CCC)-c2nc(C)c(C)nc2-3)c(CCC)c1CCC.[Mg+2]. The summed E-state index contributed by atoms with van der Waals surface area (Å²) in [5, 5.41) is 0. The summed E-state index contributed by atoms with van der Waals surface area (Å²) >= 11 is 0. The maximum Gasteiger partial charge on any atom is 2.00 e. The Hall–Kier alpha value is -3.57. The van der Waals surface area contributed by atoms with Crippen LogP contribution in [0.2, 0.25) is 0 Å². The summed E-state index contributed by atoms with van der Waals surface area (Å²) in [5.41, 5.74) is 12.4. The second-order valence-electron chi connectivity index (χ2n) is 12.9. The molecule has 2 aliphatic heterocycles. The summed E-state index contributed by atoms with van der Waals surface area (Å²) in [7, 11) is 0. The molecule has 49 heavy (non-hydrogen) atoms. The van der Waals surface area contributed by atoms with Crippen LogP contribution in [0.25, 0.3) is 56.8 Å². The zero-order valence-electron chi connectivity index (χ0n) is 30.7. The molecule has 0 N–H and O–H groups in total. The largest absolute Gasteiger partial charge is 2.00 e. The van der Waals surface area contributed by atoms with E-state index in [-0.39, 0.29) is 23.1 Å². The number of aromatic nitrogens is 10. The monoisotopic (exact) mass is 668 g/mol. The number of aryl methyl sites for hydroxylation is 6. The fraction of sp³-hybridized carbons (Fsp3) is 0.526. The topological polar surface area (TPSA) is 131 Å². The molecule has 0 aromatic carbocycles. The zero-order valence-corrected chi connectivity index (χ0v) is 32.1. The van der Waals surface area contributed by atoms with Gasteiger partial charge in [-0.1, -0.05) is 80.1 Å². The number of nitrogens with zero attached hydrogens (tertiary/aromatic N) is 10. The molecule has 0 fully saturated rings. The fourth-order valence-electron chi connectivity index (χ4n) is 6.82. The fourth-order valence-corrected chi connectivity index (χ4v) is 6.82. The standard InChI is InChI=1S/C38H48N10.Mg/c1-9-15-23-24(16-10-2)32-41-31(23)42-33-25(17-11-3)27(19-13-5)35(44-33)46-37-29-30(40-22(8)21(7)39-29)38(48-37)47-36-28(20-14-6)26(18-12-4)34(43-32)45-36;/h9-20H2,1-8H3;/q-2;+2. The van der Waals surface area contributed by atoms with Crippen LogP contribution in [0, 0.1) is 13.8 Å². The van der Waals surface area contributed by atoms with Gasteiger partial charge in [-0.2, -0.15) is 0 Å². The van der Waals surface area contributed by atoms with E-state index in [0.29, 0.717) is 57.3 Å². The molecule has 0 unspecified atom stereocenters. The van der Waals surface area contributed by atoms with Crippen molar-refractivity contribution in [3.63, 3.8) is 0 Å². The molecule has 0 atom stereocenters. The van der Waals surface area contributed by atoms with Crippen molar-refractivity contribution in [2.24, 2.45) is 0 Å². The van der Waals surface area contributed by atoms with Gasteiger partial charge in [-0.05, 0) is 85.8 Å². The van der Waals surface area contributed by atoms with Crippen LogP contribution in [0.3, 0.4) is 0 Å². The van der Waals surface area contributed by atoms with Gasteiger partial charge in [-0.15, -0.1) is 0 Å². The number of fused-ring (bicyclic) bond motifs is 11. The molecular weight excluding hydrogens is 621 g/mol. The van der Waals surface area contributed by atoms with Crippen LogP contribution in [0.1, 0.15) is 138 Å². The van der Waals surface area contributed by atoms with Gasteiger partial charge in [-0.25, -0.2) is 19.9 Å². The molecule has 4 aromatic rings. The first kappa shape index (κ1) is 36.7. The average Bonchev–Trinajstić information content (AvgIpc) is 3.75. The second-order valence-corrected chi connectivity index (χ2v) is 12.9. The van der Waals surface area contributed by atoms with E-state index < -0.39 is 0 Å². The minimum Gasteiger partial charge on any atom is -0.358 e. The van der Waals surface area contributed by atoms with Gasteiger partial charge in [0.2, 0.25) is 0 Å². The van der Waals surface area contributed by atoms with Crippen molar-refractivity contribution in [1.82, 2.24) is 49.8 Å². The first-order valence-electron chi connectivity index (χ1n) is 18.1. The van der Waals surface area contributed by atoms with E-state index >= 15 is 0 Å². The molecule has 0 aliphatic carbocycles. The van der Waals surface area contributed by atoms with Crippen molar-refractivity contribution < 1.29 is 0 Å². The summed E-state index contributed by atoms with van der Waals surface area (Å²) in [5.74, 6) is 2.38. The van der Waals surface area contributed by atoms with E-state index in [9.17, 15) is 0 Å². The third-order valence-electron chi connectivity index (χ3n) is 9.14. The van der Waals surface area contributed by atoms with E-state index in [0.717, 1.165) is 111 Å². The summed E-state index contributed by atoms with van der Waals surface area (Å²) in [6.07, 6.45) is 11.0. The van der Waals surface area contributed by atoms with Crippen molar-refractivity contribution >= 4 is 56.8 Å². The molecule has 0 saturated heterocycles. The van der Waals surface area contributed by atoms with Crippen LogP contribution >= 0.6 is 0 Å². The Morgan fingerprint density at radius 2 is 0.653 bits per heavy atom. The minimum absolute atomic E-state index is 0. The first-order chi connectivity index (χ1) is 23.3. The smallest absolute Gasteiger partial charge is 0.358 e. The number of hydrogen-bond acceptors (Lipinski definition) is 8. The molecule has 6 heterocycles. The van der Waals surface area contributed by atoms with Gasteiger partial charge < -0.3 is 29.9 Å². The number of hydrogen-bond donors (Lipinski definition) is 0. The van der Waals surface area contributed by atoms with Gasteiger partial charge in [0.05, 0.1) is 23.0 Å². The molecule has 8 bridgehead atoms. The van der Waals surface area contributed by atoms with E-state index in [1.54, 1.807) is 0 Å². The van der Waals surface area contributed by atoms with Gasteiger partial charge in [-0.3, -0.25) is 0 Å². The summed E-state index contributed by atoms with van der Waals surface area (Å²) in [6, 6.07) is 0. The summed E-state index contributed by atoms with van der Waals surface area (Å²) < 4.78 is 0. The predicted octanol–water partition coefficient (Wildman–Crippen LogP) is 7.83. The molecule has 0 spiro atoms. The number of allylic oxidation sites excluding steroid dienone is 2. The molecule has 0 saturated carbocycles. The Morgan fingerprint density at radius 3 is 0.959 bits per heavy atom. The van der Waals surface area contributed by atoms with E-state index in [1.807, 2.05) is 13.8 Å². The molecular formula is C38H48MgN10. The van der Waals surface area contributed by atoms with Crippen molar-refractivity contribution in [2.75, 3.05) is 0 Å². The maximum absolute atomic E-state index is 5.26. The summed E-state index contributed by atoms with van der Waals surface area (Å²) in [6.45, 7) is 17.1. The first-order valence-corrected chi connectivity index (χ1v) is 18.1. The van der Waals surface area contributed by atoms with Crippen LogP contribution < -0.4 is 9.97 Å². The normalized spacial score (nSPS) is 12.4. The van der Waals surface area contributed by atoms with Crippen LogP contribution in [-0.4, -0.2) is 62.9 Å². The van der Waals surface area contributed by atoms with Gasteiger partial charge in [0, 0.05) is 22.6 Å². The van der Waals surface area contributed by atoms with E-state index in [2.05, 4.69) is 41.5 Å². The van der Waals surface area contributed by atoms with Crippen LogP contribution in [0.4, 0.5) is 0 Å². The Kier molecular flexibility index (Phi) is 12.0. The predicted molar refractivity (Wildman–Crippen MR) is 198 cm³/mol. The molecule has 0 radical (unpaired) electrons. The Labute approximate surface area is 306 Å². The van der Waals surface area contributed by atoms with Crippen LogP contribution in [-0.2, 0) is 25.7 Å². The molecule has 252 valence electrons. The van der Waals surface area contributed by atoms with Crippen molar-refractivity contribution in [1.29, 1.82) is 0 Å². The third-order valence-corrected chi connectivity index (χ3v) is 9.14. The van der Waals surface area contributed by atoms with Gasteiger partial charge >= 0.3 is 23.1 Å². The number of rotatable bonds is 12. The Morgan fingerprint density at radius 1 is 0.367 bits per heavy atom. The van der Waals surface area contributed by atoms with E-state index in [4.69, 9.17) is 49.8 Å². The Balaban J connectivity index is 0.00000468. The van der Waals surface area contributed by atoms with Gasteiger partial charge in [0.1, 0.15) is 23.0 Å². The van der Waals surface area contributed by atoms with Gasteiger partial charge in [0.15, 0.2) is 0 Å². The second kappa shape index (κ2) is 16.0. The van der Waals surface area contributed by atoms with Crippen LogP contribution in [0.15, 0.2) is 0 Å². The van der Waals surface area contributed by atoms with Crippen molar-refractivity contribution in [2.45, 2.75) is 132 Å². The molecule has 0 amide bonds. The minimum atomic E-state index is 0. The molecule has 11 heteroatoms. The molecule has 6 rings (SSSR count). The molecule has 4 aromatic heterocycles. The molecule has 2 aliphatic rings. The van der Waals surface area contributed by atoms with Crippen molar-refractivity contribution in [3.8, 4) is 23.0 Å².